The normalized spacial score (nSPS) is 10.2. The summed E-state index contributed by atoms with van der Waals surface area (Å²) in [6.07, 6.45) is 1.54. The fraction of sp³-hybridized carbons (Fsp3) is 0.0588. The molecule has 0 saturated heterocycles. The van der Waals surface area contributed by atoms with Gasteiger partial charge in [-0.2, -0.15) is 0 Å². The van der Waals surface area contributed by atoms with Crippen molar-refractivity contribution in [2.24, 2.45) is 0 Å². The molecule has 120 valence electrons. The minimum Gasteiger partial charge on any atom is -0.321 e. The first kappa shape index (κ1) is 15.8. The Labute approximate surface area is 142 Å². The molecule has 3 rings (SSSR count). The molecule has 7 heteroatoms. The number of aromatic nitrogens is 2. The Hall–Kier alpha value is -3.06. The summed E-state index contributed by atoms with van der Waals surface area (Å²) in [6.45, 7) is 1.73. The second-order valence-electron chi connectivity index (χ2n) is 4.92. The molecule has 0 spiro atoms. The maximum absolute atomic E-state index is 12.3. The third-order valence-electron chi connectivity index (χ3n) is 3.15. The summed E-state index contributed by atoms with van der Waals surface area (Å²) < 4.78 is 0. The van der Waals surface area contributed by atoms with Crippen LogP contribution in [0.5, 0.6) is 0 Å². The first-order valence-electron chi connectivity index (χ1n) is 7.19. The van der Waals surface area contributed by atoms with Gasteiger partial charge in [0.2, 0.25) is 0 Å². The molecule has 0 saturated carbocycles. The lowest BCUT2D eigenvalue weighted by molar-refractivity contribution is 0.101. The molecule has 1 aromatic carbocycles. The standard InChI is InChI=1S/C17H14N4O2S/c1-11-14(16(23)20-12-7-3-2-4-8-12)24-17(19-11)21-15(22)13-9-5-6-10-18-13/h2-10H,1H3,(H,20,23)(H,19,21,22). The largest absolute Gasteiger partial charge is 0.321 e. The molecule has 0 aliphatic heterocycles. The van der Waals surface area contributed by atoms with E-state index >= 15 is 0 Å². The minimum atomic E-state index is -0.362. The number of benzene rings is 1. The number of nitrogens with zero attached hydrogens (tertiary/aromatic N) is 2. The Bertz CT molecular complexity index is 863. The lowest BCUT2D eigenvalue weighted by Gasteiger charge is -2.02. The number of hydrogen-bond acceptors (Lipinski definition) is 5. The van der Waals surface area contributed by atoms with Crippen molar-refractivity contribution >= 4 is 34.0 Å². The molecule has 0 aliphatic rings. The molecule has 0 radical (unpaired) electrons. The molecule has 2 aromatic heterocycles. The van der Waals surface area contributed by atoms with E-state index in [2.05, 4.69) is 20.6 Å². The van der Waals surface area contributed by atoms with Crippen molar-refractivity contribution in [3.63, 3.8) is 0 Å². The molecule has 0 bridgehead atoms. The van der Waals surface area contributed by atoms with Crippen molar-refractivity contribution in [1.29, 1.82) is 0 Å². The lowest BCUT2D eigenvalue weighted by Crippen LogP contribution is -2.13. The number of carbonyl (C=O) groups excluding carboxylic acids is 2. The summed E-state index contributed by atoms with van der Waals surface area (Å²) in [6, 6.07) is 14.2. The van der Waals surface area contributed by atoms with Gasteiger partial charge in [-0.1, -0.05) is 35.6 Å². The zero-order valence-electron chi connectivity index (χ0n) is 12.8. The molecule has 24 heavy (non-hydrogen) atoms. The summed E-state index contributed by atoms with van der Waals surface area (Å²) in [5.41, 5.74) is 1.56. The van der Waals surface area contributed by atoms with Gasteiger partial charge in [0.25, 0.3) is 11.8 Å². The van der Waals surface area contributed by atoms with E-state index in [1.165, 1.54) is 0 Å². The summed E-state index contributed by atoms with van der Waals surface area (Å²) in [5, 5.41) is 5.83. The number of pyridine rings is 1. The molecular weight excluding hydrogens is 324 g/mol. The van der Waals surface area contributed by atoms with Crippen LogP contribution in [-0.4, -0.2) is 21.8 Å². The molecule has 0 aliphatic carbocycles. The van der Waals surface area contributed by atoms with Gasteiger partial charge < -0.3 is 5.32 Å². The molecule has 6 nitrogen and oxygen atoms in total. The van der Waals surface area contributed by atoms with Gasteiger partial charge in [0, 0.05) is 11.9 Å². The number of rotatable bonds is 4. The predicted molar refractivity (Wildman–Crippen MR) is 93.4 cm³/mol. The number of nitrogens with one attached hydrogen (secondary N) is 2. The van der Waals surface area contributed by atoms with E-state index in [-0.39, 0.29) is 11.8 Å². The van der Waals surface area contributed by atoms with Crippen molar-refractivity contribution in [2.75, 3.05) is 10.6 Å². The predicted octanol–water partition coefficient (Wildman–Crippen LogP) is 3.35. The van der Waals surface area contributed by atoms with Crippen molar-refractivity contribution in [2.45, 2.75) is 6.92 Å². The number of thiazole rings is 1. The van der Waals surface area contributed by atoms with Crippen LogP contribution in [-0.2, 0) is 0 Å². The van der Waals surface area contributed by atoms with Crippen molar-refractivity contribution in [3.05, 3.63) is 71.0 Å². The fourth-order valence-electron chi connectivity index (χ4n) is 2.03. The molecule has 0 atom stereocenters. The summed E-state index contributed by atoms with van der Waals surface area (Å²) >= 11 is 1.13. The van der Waals surface area contributed by atoms with Gasteiger partial charge in [-0.3, -0.25) is 19.9 Å². The van der Waals surface area contributed by atoms with Crippen LogP contribution in [0, 0.1) is 6.92 Å². The van der Waals surface area contributed by atoms with Crippen LogP contribution in [0.4, 0.5) is 10.8 Å². The van der Waals surface area contributed by atoms with E-state index in [1.54, 1.807) is 43.5 Å². The van der Waals surface area contributed by atoms with Crippen LogP contribution in [0.25, 0.3) is 0 Å². The van der Waals surface area contributed by atoms with Gasteiger partial charge in [-0.15, -0.1) is 0 Å². The average molecular weight is 338 g/mol. The molecule has 2 heterocycles. The molecule has 2 amide bonds. The highest BCUT2D eigenvalue weighted by molar-refractivity contribution is 7.17. The zero-order chi connectivity index (χ0) is 16.9. The van der Waals surface area contributed by atoms with Crippen molar-refractivity contribution < 1.29 is 9.59 Å². The Morgan fingerprint density at radius 2 is 1.71 bits per heavy atom. The third-order valence-corrected chi connectivity index (χ3v) is 4.22. The van der Waals surface area contributed by atoms with Crippen LogP contribution in [0.2, 0.25) is 0 Å². The topological polar surface area (TPSA) is 84.0 Å². The van der Waals surface area contributed by atoms with Gasteiger partial charge in [0.15, 0.2) is 5.13 Å². The van der Waals surface area contributed by atoms with E-state index in [0.29, 0.717) is 27.1 Å². The van der Waals surface area contributed by atoms with Gasteiger partial charge >= 0.3 is 0 Å². The first-order chi connectivity index (χ1) is 11.6. The van der Waals surface area contributed by atoms with E-state index in [4.69, 9.17) is 0 Å². The zero-order valence-corrected chi connectivity index (χ0v) is 13.6. The van der Waals surface area contributed by atoms with E-state index < -0.39 is 0 Å². The van der Waals surface area contributed by atoms with Gasteiger partial charge in [0.05, 0.1) is 5.69 Å². The third kappa shape index (κ3) is 3.64. The highest BCUT2D eigenvalue weighted by Crippen LogP contribution is 2.24. The minimum absolute atomic E-state index is 0.255. The molecule has 2 N–H and O–H groups in total. The lowest BCUT2D eigenvalue weighted by atomic mass is 10.3. The number of aryl methyl sites for hydroxylation is 1. The Morgan fingerprint density at radius 3 is 2.42 bits per heavy atom. The van der Waals surface area contributed by atoms with Gasteiger partial charge in [0.1, 0.15) is 10.6 Å². The van der Waals surface area contributed by atoms with Gasteiger partial charge in [-0.25, -0.2) is 4.98 Å². The average Bonchev–Trinajstić information content (AvgIpc) is 2.97. The van der Waals surface area contributed by atoms with Crippen LogP contribution in [0.3, 0.4) is 0 Å². The molecule has 0 unspecified atom stereocenters. The first-order valence-corrected chi connectivity index (χ1v) is 8.01. The number of para-hydroxylation sites is 1. The Balaban J connectivity index is 1.73. The fourth-order valence-corrected chi connectivity index (χ4v) is 2.88. The maximum atomic E-state index is 12.3. The molecule has 0 fully saturated rings. The van der Waals surface area contributed by atoms with Crippen LogP contribution < -0.4 is 10.6 Å². The summed E-state index contributed by atoms with van der Waals surface area (Å²) in [7, 11) is 0. The molecule has 3 aromatic rings. The smallest absolute Gasteiger partial charge is 0.276 e. The number of amides is 2. The number of hydrogen-bond donors (Lipinski definition) is 2. The quantitative estimate of drug-likeness (QED) is 0.764. The highest BCUT2D eigenvalue weighted by Gasteiger charge is 2.17. The summed E-state index contributed by atoms with van der Waals surface area (Å²) in [4.78, 5) is 33.1. The number of carbonyl (C=O) groups is 2. The molecular formula is C17H14N4O2S. The van der Waals surface area contributed by atoms with Crippen LogP contribution in [0.1, 0.15) is 25.9 Å². The van der Waals surface area contributed by atoms with Crippen LogP contribution in [0.15, 0.2) is 54.7 Å². The Kier molecular flexibility index (Phi) is 4.62. The van der Waals surface area contributed by atoms with E-state index in [9.17, 15) is 9.59 Å². The van der Waals surface area contributed by atoms with E-state index in [0.717, 1.165) is 11.3 Å². The maximum Gasteiger partial charge on any atom is 0.276 e. The SMILES string of the molecule is Cc1nc(NC(=O)c2ccccn2)sc1C(=O)Nc1ccccc1. The Morgan fingerprint density at radius 1 is 0.958 bits per heavy atom. The second kappa shape index (κ2) is 7.01. The highest BCUT2D eigenvalue weighted by atomic mass is 32.1. The van der Waals surface area contributed by atoms with Crippen molar-refractivity contribution in [1.82, 2.24) is 9.97 Å². The van der Waals surface area contributed by atoms with Crippen LogP contribution >= 0.6 is 11.3 Å². The second-order valence-corrected chi connectivity index (χ2v) is 5.92. The number of anilines is 2. The van der Waals surface area contributed by atoms with E-state index in [1.807, 2.05) is 18.2 Å². The summed E-state index contributed by atoms with van der Waals surface area (Å²) in [5.74, 6) is -0.617. The van der Waals surface area contributed by atoms with Crippen molar-refractivity contribution in [3.8, 4) is 0 Å². The van der Waals surface area contributed by atoms with Gasteiger partial charge in [-0.05, 0) is 31.2 Å². The monoisotopic (exact) mass is 338 g/mol.